The number of aromatic nitrogens is 3. The molecule has 0 amide bonds. The third-order valence-corrected chi connectivity index (χ3v) is 3.39. The maximum absolute atomic E-state index is 5.50. The predicted molar refractivity (Wildman–Crippen MR) is 73.9 cm³/mol. The van der Waals surface area contributed by atoms with Gasteiger partial charge in [0.05, 0.1) is 13.2 Å². The summed E-state index contributed by atoms with van der Waals surface area (Å²) in [5.41, 5.74) is 0. The summed E-state index contributed by atoms with van der Waals surface area (Å²) in [4.78, 5) is 2.41. The van der Waals surface area contributed by atoms with Gasteiger partial charge in [0.15, 0.2) is 0 Å². The Morgan fingerprint density at radius 3 is 3.16 bits per heavy atom. The fraction of sp³-hybridized carbons (Fsp3) is 0.846. The van der Waals surface area contributed by atoms with Crippen molar-refractivity contribution in [3.05, 3.63) is 12.2 Å². The van der Waals surface area contributed by atoms with Crippen molar-refractivity contribution >= 4 is 0 Å². The minimum Gasteiger partial charge on any atom is -0.380 e. The monoisotopic (exact) mass is 267 g/mol. The molecule has 0 aliphatic carbocycles. The molecule has 108 valence electrons. The fourth-order valence-corrected chi connectivity index (χ4v) is 2.16. The Bertz CT molecular complexity index is 355. The second kappa shape index (κ2) is 8.24. The molecule has 0 spiro atoms. The van der Waals surface area contributed by atoms with Crippen LogP contribution < -0.4 is 5.32 Å². The smallest absolute Gasteiger partial charge is 0.147 e. The number of fused-ring (bicyclic) bond motifs is 1. The summed E-state index contributed by atoms with van der Waals surface area (Å²) in [5.74, 6) is 1.08. The van der Waals surface area contributed by atoms with Crippen LogP contribution in [0.25, 0.3) is 0 Å². The van der Waals surface area contributed by atoms with E-state index in [0.717, 1.165) is 64.7 Å². The molecular weight excluding hydrogens is 242 g/mol. The molecule has 0 unspecified atom stereocenters. The molecule has 1 aromatic rings. The zero-order valence-corrected chi connectivity index (χ0v) is 11.8. The highest BCUT2D eigenvalue weighted by atomic mass is 16.5. The maximum atomic E-state index is 5.50. The van der Waals surface area contributed by atoms with Crippen molar-refractivity contribution in [3.8, 4) is 0 Å². The first-order chi connectivity index (χ1) is 9.40. The zero-order valence-electron chi connectivity index (χ0n) is 11.8. The second-order valence-electron chi connectivity index (χ2n) is 4.93. The van der Waals surface area contributed by atoms with Gasteiger partial charge in [-0.25, -0.2) is 0 Å². The van der Waals surface area contributed by atoms with E-state index in [-0.39, 0.29) is 0 Å². The summed E-state index contributed by atoms with van der Waals surface area (Å²) in [5, 5.41) is 11.5. The third kappa shape index (κ3) is 4.89. The predicted octanol–water partition coefficient (Wildman–Crippen LogP) is 0.500. The Labute approximate surface area is 115 Å². The van der Waals surface area contributed by atoms with Crippen molar-refractivity contribution < 1.29 is 4.74 Å². The van der Waals surface area contributed by atoms with Gasteiger partial charge in [0.2, 0.25) is 0 Å². The molecule has 1 aliphatic heterocycles. The lowest BCUT2D eigenvalue weighted by Crippen LogP contribution is -2.38. The van der Waals surface area contributed by atoms with E-state index in [9.17, 15) is 0 Å². The zero-order chi connectivity index (χ0) is 13.3. The molecule has 1 aromatic heterocycles. The van der Waals surface area contributed by atoms with Crippen LogP contribution in [0.1, 0.15) is 25.6 Å². The van der Waals surface area contributed by atoms with Crippen molar-refractivity contribution in [3.63, 3.8) is 0 Å². The summed E-state index contributed by atoms with van der Waals surface area (Å²) >= 11 is 0. The molecule has 0 atom stereocenters. The molecular formula is C13H25N5O. The molecule has 2 rings (SSSR count). The molecule has 0 saturated carbocycles. The van der Waals surface area contributed by atoms with Crippen LogP contribution >= 0.6 is 0 Å². The molecule has 1 N–H and O–H groups in total. The highest BCUT2D eigenvalue weighted by Crippen LogP contribution is 2.07. The molecule has 0 saturated heterocycles. The quantitative estimate of drug-likeness (QED) is 0.660. The van der Waals surface area contributed by atoms with Crippen molar-refractivity contribution in [2.24, 2.45) is 0 Å². The van der Waals surface area contributed by atoms with Crippen molar-refractivity contribution in [2.45, 2.75) is 32.9 Å². The molecule has 0 aromatic carbocycles. The maximum Gasteiger partial charge on any atom is 0.147 e. The standard InChI is InChI=1S/C13H25N5O/c1-2-3-9-19-10-5-14-4-6-17-7-8-18-12-15-16-13(18)11-17/h12,14H,2-11H2,1H3. The average Bonchev–Trinajstić information content (AvgIpc) is 2.89. The summed E-state index contributed by atoms with van der Waals surface area (Å²) < 4.78 is 7.63. The summed E-state index contributed by atoms with van der Waals surface area (Å²) in [7, 11) is 0. The fourth-order valence-electron chi connectivity index (χ4n) is 2.16. The van der Waals surface area contributed by atoms with E-state index >= 15 is 0 Å². The van der Waals surface area contributed by atoms with E-state index in [1.807, 2.05) is 6.33 Å². The van der Waals surface area contributed by atoms with E-state index in [1.165, 1.54) is 6.42 Å². The van der Waals surface area contributed by atoms with Crippen LogP contribution in [-0.4, -0.2) is 59.1 Å². The van der Waals surface area contributed by atoms with Crippen LogP contribution in [0, 0.1) is 0 Å². The molecule has 19 heavy (non-hydrogen) atoms. The van der Waals surface area contributed by atoms with E-state index < -0.39 is 0 Å². The second-order valence-corrected chi connectivity index (χ2v) is 4.93. The van der Waals surface area contributed by atoms with E-state index in [0.29, 0.717) is 0 Å². The topological polar surface area (TPSA) is 55.2 Å². The first-order valence-corrected chi connectivity index (χ1v) is 7.27. The van der Waals surface area contributed by atoms with Crippen LogP contribution in [0.5, 0.6) is 0 Å². The van der Waals surface area contributed by atoms with Gasteiger partial charge >= 0.3 is 0 Å². The summed E-state index contributed by atoms with van der Waals surface area (Å²) in [6, 6.07) is 0. The normalized spacial score (nSPS) is 15.6. The summed E-state index contributed by atoms with van der Waals surface area (Å²) in [6.07, 6.45) is 4.18. The van der Waals surface area contributed by atoms with Gasteiger partial charge in [-0.05, 0) is 6.42 Å². The lowest BCUT2D eigenvalue weighted by molar-refractivity contribution is 0.131. The van der Waals surface area contributed by atoms with Gasteiger partial charge in [0.25, 0.3) is 0 Å². The molecule has 6 nitrogen and oxygen atoms in total. The average molecular weight is 267 g/mol. The largest absolute Gasteiger partial charge is 0.380 e. The van der Waals surface area contributed by atoms with Gasteiger partial charge in [0, 0.05) is 39.3 Å². The van der Waals surface area contributed by atoms with Gasteiger partial charge in [-0.3, -0.25) is 4.90 Å². The van der Waals surface area contributed by atoms with Crippen LogP contribution in [0.3, 0.4) is 0 Å². The molecule has 0 radical (unpaired) electrons. The first kappa shape index (κ1) is 14.4. The minimum atomic E-state index is 0.814. The number of unbranched alkanes of at least 4 members (excludes halogenated alkanes) is 1. The third-order valence-electron chi connectivity index (χ3n) is 3.39. The molecule has 2 heterocycles. The highest BCUT2D eigenvalue weighted by Gasteiger charge is 2.16. The van der Waals surface area contributed by atoms with Crippen LogP contribution in [0.15, 0.2) is 6.33 Å². The van der Waals surface area contributed by atoms with Crippen molar-refractivity contribution in [1.82, 2.24) is 25.0 Å². The number of rotatable bonds is 9. The van der Waals surface area contributed by atoms with E-state index in [4.69, 9.17) is 4.74 Å². The highest BCUT2D eigenvalue weighted by molar-refractivity contribution is 4.89. The Morgan fingerprint density at radius 1 is 1.32 bits per heavy atom. The van der Waals surface area contributed by atoms with Crippen LogP contribution in [0.4, 0.5) is 0 Å². The Hall–Kier alpha value is -0.980. The van der Waals surface area contributed by atoms with Crippen LogP contribution in [0.2, 0.25) is 0 Å². The van der Waals surface area contributed by atoms with E-state index in [2.05, 4.69) is 31.9 Å². The SMILES string of the molecule is CCCCOCCNCCN1CCn2cnnc2C1. The Kier molecular flexibility index (Phi) is 6.26. The molecule has 6 heteroatoms. The van der Waals surface area contributed by atoms with Crippen LogP contribution in [-0.2, 0) is 17.8 Å². The first-order valence-electron chi connectivity index (χ1n) is 7.27. The number of hydrogen-bond acceptors (Lipinski definition) is 5. The number of nitrogens with zero attached hydrogens (tertiary/aromatic N) is 4. The van der Waals surface area contributed by atoms with Crippen molar-refractivity contribution in [1.29, 1.82) is 0 Å². The number of hydrogen-bond donors (Lipinski definition) is 1. The Morgan fingerprint density at radius 2 is 2.26 bits per heavy atom. The summed E-state index contributed by atoms with van der Waals surface area (Å²) in [6.45, 7) is 9.88. The van der Waals surface area contributed by atoms with E-state index in [1.54, 1.807) is 0 Å². The minimum absolute atomic E-state index is 0.814. The molecule has 0 fully saturated rings. The Balaban J connectivity index is 1.48. The van der Waals surface area contributed by atoms with Gasteiger partial charge < -0.3 is 14.6 Å². The lowest BCUT2D eigenvalue weighted by Gasteiger charge is -2.26. The van der Waals surface area contributed by atoms with Crippen molar-refractivity contribution in [2.75, 3.05) is 39.4 Å². The van der Waals surface area contributed by atoms with Gasteiger partial charge in [-0.1, -0.05) is 13.3 Å². The van der Waals surface area contributed by atoms with Gasteiger partial charge in [0.1, 0.15) is 12.2 Å². The number of ether oxygens (including phenoxy) is 1. The number of nitrogens with one attached hydrogen (secondary N) is 1. The molecule has 1 aliphatic rings. The van der Waals surface area contributed by atoms with Gasteiger partial charge in [-0.15, -0.1) is 10.2 Å². The molecule has 0 bridgehead atoms. The lowest BCUT2D eigenvalue weighted by atomic mass is 10.3. The van der Waals surface area contributed by atoms with Gasteiger partial charge in [-0.2, -0.15) is 0 Å².